The molecule has 0 N–H and O–H groups in total. The molecule has 88 valence electrons. The van der Waals surface area contributed by atoms with E-state index in [1.807, 2.05) is 6.92 Å². The van der Waals surface area contributed by atoms with E-state index in [1.54, 1.807) is 7.11 Å². The van der Waals surface area contributed by atoms with Gasteiger partial charge in [-0.05, 0) is 38.0 Å². The Bertz CT molecular complexity index is 189. The lowest BCUT2D eigenvalue weighted by Gasteiger charge is -2.28. The number of methoxy groups -OCH3 is 1. The molecule has 0 bridgehead atoms. The highest BCUT2D eigenvalue weighted by Crippen LogP contribution is 2.32. The van der Waals surface area contributed by atoms with Gasteiger partial charge in [-0.2, -0.15) is 0 Å². The number of hydrogen-bond acceptors (Lipinski definition) is 2. The first-order chi connectivity index (χ1) is 7.22. The summed E-state index contributed by atoms with van der Waals surface area (Å²) >= 11 is 0. The molecule has 0 radical (unpaired) electrons. The Morgan fingerprint density at radius 3 is 2.27 bits per heavy atom. The van der Waals surface area contributed by atoms with Gasteiger partial charge in [-0.15, -0.1) is 0 Å². The minimum Gasteiger partial charge on any atom is -0.374 e. The van der Waals surface area contributed by atoms with Crippen LogP contribution in [0, 0.1) is 11.8 Å². The van der Waals surface area contributed by atoms with Gasteiger partial charge in [0.15, 0.2) is 5.78 Å². The van der Waals surface area contributed by atoms with Crippen LogP contribution >= 0.6 is 0 Å². The Labute approximate surface area is 93.4 Å². The maximum atomic E-state index is 12.0. The van der Waals surface area contributed by atoms with Crippen molar-refractivity contribution in [3.8, 4) is 0 Å². The van der Waals surface area contributed by atoms with Crippen molar-refractivity contribution in [2.24, 2.45) is 11.8 Å². The fourth-order valence-electron chi connectivity index (χ4n) is 2.60. The molecule has 1 aliphatic carbocycles. The number of Topliss-reactive ketones (excluding diaryl/α,β-unsaturated/α-hetero) is 1. The zero-order valence-electron chi connectivity index (χ0n) is 10.3. The van der Waals surface area contributed by atoms with Crippen molar-refractivity contribution in [3.05, 3.63) is 0 Å². The molecule has 0 amide bonds. The molecule has 1 unspecified atom stereocenters. The highest BCUT2D eigenvalue weighted by atomic mass is 16.5. The second kappa shape index (κ2) is 6.26. The summed E-state index contributed by atoms with van der Waals surface area (Å²) in [4.78, 5) is 12.0. The third-order valence-electron chi connectivity index (χ3n) is 3.80. The highest BCUT2D eigenvalue weighted by molar-refractivity contribution is 5.85. The molecule has 1 aliphatic rings. The Morgan fingerprint density at radius 1 is 1.27 bits per heavy atom. The summed E-state index contributed by atoms with van der Waals surface area (Å²) in [6.45, 7) is 4.26. The predicted octanol–water partition coefficient (Wildman–Crippen LogP) is 3.20. The number of carbonyl (C=O) groups is 1. The van der Waals surface area contributed by atoms with Gasteiger partial charge in [-0.3, -0.25) is 4.79 Å². The van der Waals surface area contributed by atoms with Crippen molar-refractivity contribution in [2.75, 3.05) is 7.11 Å². The quantitative estimate of drug-likeness (QED) is 0.699. The molecule has 15 heavy (non-hydrogen) atoms. The molecular formula is C13H24O2. The van der Waals surface area contributed by atoms with Crippen LogP contribution in [0.15, 0.2) is 0 Å². The zero-order valence-corrected chi connectivity index (χ0v) is 10.3. The molecule has 0 aromatic rings. The highest BCUT2D eigenvalue weighted by Gasteiger charge is 2.29. The predicted molar refractivity (Wildman–Crippen MR) is 61.8 cm³/mol. The van der Waals surface area contributed by atoms with Crippen molar-refractivity contribution < 1.29 is 9.53 Å². The largest absolute Gasteiger partial charge is 0.374 e. The minimum atomic E-state index is -0.159. The molecule has 0 aromatic carbocycles. The molecular weight excluding hydrogens is 188 g/mol. The van der Waals surface area contributed by atoms with Crippen LogP contribution in [0.3, 0.4) is 0 Å². The molecule has 0 aromatic heterocycles. The van der Waals surface area contributed by atoms with Gasteiger partial charge in [0, 0.05) is 13.0 Å². The summed E-state index contributed by atoms with van der Waals surface area (Å²) in [5.74, 6) is 1.48. The topological polar surface area (TPSA) is 26.3 Å². The summed E-state index contributed by atoms with van der Waals surface area (Å²) in [5.41, 5.74) is 0. The van der Waals surface area contributed by atoms with E-state index >= 15 is 0 Å². The Kier molecular flexibility index (Phi) is 5.30. The van der Waals surface area contributed by atoms with Crippen LogP contribution in [0.5, 0.6) is 0 Å². The van der Waals surface area contributed by atoms with Crippen LogP contribution in [-0.4, -0.2) is 19.0 Å². The van der Waals surface area contributed by atoms with E-state index in [-0.39, 0.29) is 12.0 Å². The number of rotatable bonds is 5. The van der Waals surface area contributed by atoms with Crippen LogP contribution in [-0.2, 0) is 9.53 Å². The molecule has 0 aliphatic heterocycles. The minimum absolute atomic E-state index is 0.159. The number of ether oxygens (including phenoxy) is 1. The van der Waals surface area contributed by atoms with Crippen molar-refractivity contribution >= 4 is 5.78 Å². The van der Waals surface area contributed by atoms with E-state index in [2.05, 4.69) is 6.92 Å². The Hall–Kier alpha value is -0.370. The van der Waals surface area contributed by atoms with E-state index in [0.29, 0.717) is 5.78 Å². The fourth-order valence-corrected chi connectivity index (χ4v) is 2.60. The van der Waals surface area contributed by atoms with E-state index < -0.39 is 0 Å². The van der Waals surface area contributed by atoms with Crippen LogP contribution in [0.1, 0.15) is 52.4 Å². The monoisotopic (exact) mass is 212 g/mol. The summed E-state index contributed by atoms with van der Waals surface area (Å²) < 4.78 is 5.22. The number of carbonyl (C=O) groups excluding carboxylic acids is 1. The molecule has 0 heterocycles. The van der Waals surface area contributed by atoms with E-state index in [0.717, 1.165) is 25.2 Å². The molecule has 0 saturated heterocycles. The standard InChI is InChI=1S/C13H24O2/c1-4-10-6-8-11(9-7-10)13(14)12(5-2)15-3/h10-12H,4-9H2,1-3H3. The normalized spacial score (nSPS) is 28.7. The third-order valence-corrected chi connectivity index (χ3v) is 3.80. The number of ketones is 1. The van der Waals surface area contributed by atoms with Crippen molar-refractivity contribution in [3.63, 3.8) is 0 Å². The molecule has 0 spiro atoms. The van der Waals surface area contributed by atoms with Crippen LogP contribution in [0.4, 0.5) is 0 Å². The van der Waals surface area contributed by atoms with Gasteiger partial charge in [0.25, 0.3) is 0 Å². The molecule has 1 fully saturated rings. The van der Waals surface area contributed by atoms with Gasteiger partial charge in [0.1, 0.15) is 6.10 Å². The van der Waals surface area contributed by atoms with Crippen molar-refractivity contribution in [2.45, 2.75) is 58.5 Å². The molecule has 2 nitrogen and oxygen atoms in total. The molecule has 1 saturated carbocycles. The fraction of sp³-hybridized carbons (Fsp3) is 0.923. The van der Waals surface area contributed by atoms with E-state index in [4.69, 9.17) is 4.74 Å². The van der Waals surface area contributed by atoms with E-state index in [1.165, 1.54) is 19.3 Å². The average molecular weight is 212 g/mol. The Balaban J connectivity index is 2.42. The van der Waals surface area contributed by atoms with Crippen LogP contribution in [0.2, 0.25) is 0 Å². The first-order valence-corrected chi connectivity index (χ1v) is 6.29. The molecule has 1 rings (SSSR count). The Morgan fingerprint density at radius 2 is 1.87 bits per heavy atom. The lowest BCUT2D eigenvalue weighted by atomic mass is 9.78. The SMILES string of the molecule is CCC1CCC(C(=O)C(CC)OC)CC1. The third kappa shape index (κ3) is 3.30. The zero-order chi connectivity index (χ0) is 11.3. The van der Waals surface area contributed by atoms with Crippen molar-refractivity contribution in [1.82, 2.24) is 0 Å². The summed E-state index contributed by atoms with van der Waals surface area (Å²) in [5, 5.41) is 0. The van der Waals surface area contributed by atoms with Gasteiger partial charge in [0.05, 0.1) is 0 Å². The van der Waals surface area contributed by atoms with Gasteiger partial charge in [-0.25, -0.2) is 0 Å². The van der Waals surface area contributed by atoms with Gasteiger partial charge < -0.3 is 4.74 Å². The molecule has 2 heteroatoms. The van der Waals surface area contributed by atoms with Gasteiger partial charge in [0.2, 0.25) is 0 Å². The molecule has 1 atom stereocenters. The first kappa shape index (κ1) is 12.7. The van der Waals surface area contributed by atoms with Gasteiger partial charge >= 0.3 is 0 Å². The summed E-state index contributed by atoms with van der Waals surface area (Å²) in [6, 6.07) is 0. The van der Waals surface area contributed by atoms with E-state index in [9.17, 15) is 4.79 Å². The van der Waals surface area contributed by atoms with Crippen LogP contribution in [0.25, 0.3) is 0 Å². The second-order valence-corrected chi connectivity index (χ2v) is 4.66. The second-order valence-electron chi connectivity index (χ2n) is 4.66. The van der Waals surface area contributed by atoms with Gasteiger partial charge in [-0.1, -0.05) is 20.3 Å². The maximum Gasteiger partial charge on any atom is 0.164 e. The summed E-state index contributed by atoms with van der Waals surface area (Å²) in [6.07, 6.45) is 6.54. The lowest BCUT2D eigenvalue weighted by molar-refractivity contribution is -0.134. The first-order valence-electron chi connectivity index (χ1n) is 6.29. The smallest absolute Gasteiger partial charge is 0.164 e. The average Bonchev–Trinajstić information content (AvgIpc) is 2.30. The lowest BCUT2D eigenvalue weighted by Crippen LogP contribution is -2.31. The van der Waals surface area contributed by atoms with Crippen molar-refractivity contribution in [1.29, 1.82) is 0 Å². The van der Waals surface area contributed by atoms with Crippen LogP contribution < -0.4 is 0 Å². The summed E-state index contributed by atoms with van der Waals surface area (Å²) in [7, 11) is 1.64. The number of hydrogen-bond donors (Lipinski definition) is 0. The maximum absolute atomic E-state index is 12.0.